The number of nitrogens with one attached hydrogen (secondary N) is 1. The van der Waals surface area contributed by atoms with E-state index in [-0.39, 0.29) is 22.4 Å². The predicted molar refractivity (Wildman–Crippen MR) is 90.2 cm³/mol. The number of nitro benzene ring substituents is 1. The lowest BCUT2D eigenvalue weighted by atomic mass is 9.87. The molecular weight excluding hydrogens is 349 g/mol. The van der Waals surface area contributed by atoms with Crippen LogP contribution in [0.5, 0.6) is 0 Å². The molecule has 0 fully saturated rings. The van der Waals surface area contributed by atoms with Gasteiger partial charge in [-0.2, -0.15) is 0 Å². The third-order valence-electron chi connectivity index (χ3n) is 4.25. The zero-order chi connectivity index (χ0) is 18.2. The van der Waals surface area contributed by atoms with Crippen molar-refractivity contribution in [2.75, 3.05) is 5.32 Å². The summed E-state index contributed by atoms with van der Waals surface area (Å²) in [6.45, 7) is 0. The van der Waals surface area contributed by atoms with Crippen LogP contribution in [0, 0.1) is 15.9 Å². The van der Waals surface area contributed by atoms with E-state index in [1.54, 1.807) is 6.07 Å². The summed E-state index contributed by atoms with van der Waals surface area (Å²) in [6, 6.07) is 7.69. The van der Waals surface area contributed by atoms with Gasteiger partial charge in [-0.1, -0.05) is 6.07 Å². The molecule has 0 spiro atoms. The number of benzene rings is 2. The average Bonchev–Trinajstić information content (AvgIpc) is 2.54. The summed E-state index contributed by atoms with van der Waals surface area (Å²) in [5, 5.41) is 19.4. The molecule has 0 heterocycles. The number of nitro groups is 1. The van der Waals surface area contributed by atoms with E-state index in [2.05, 4.69) is 5.32 Å². The standard InChI is InChI=1S/C16H16FN3O4S/c17-11-5-4-10-2-1-3-14(13(10)8-11)19-15-7-6-12(25(18,23)24)9-16(15)20(21)22/h4-9,14,19H,1-3H2,(H2,18,23,24). The van der Waals surface area contributed by atoms with E-state index in [9.17, 15) is 22.9 Å². The topological polar surface area (TPSA) is 115 Å². The van der Waals surface area contributed by atoms with Crippen molar-refractivity contribution in [3.8, 4) is 0 Å². The van der Waals surface area contributed by atoms with Crippen molar-refractivity contribution in [1.29, 1.82) is 0 Å². The van der Waals surface area contributed by atoms with Gasteiger partial charge in [0.15, 0.2) is 0 Å². The first-order chi connectivity index (χ1) is 11.8. The second-order valence-corrected chi connectivity index (χ2v) is 7.47. The molecule has 0 saturated heterocycles. The number of sulfonamides is 1. The Morgan fingerprint density at radius 1 is 1.24 bits per heavy atom. The van der Waals surface area contributed by atoms with E-state index in [1.165, 1.54) is 24.3 Å². The molecule has 7 nitrogen and oxygen atoms in total. The van der Waals surface area contributed by atoms with Gasteiger partial charge in [0.1, 0.15) is 11.5 Å². The van der Waals surface area contributed by atoms with Gasteiger partial charge < -0.3 is 5.32 Å². The minimum atomic E-state index is -4.04. The van der Waals surface area contributed by atoms with Gasteiger partial charge in [0.2, 0.25) is 10.0 Å². The highest BCUT2D eigenvalue weighted by molar-refractivity contribution is 7.89. The number of fused-ring (bicyclic) bond motifs is 1. The molecule has 0 aromatic heterocycles. The fourth-order valence-electron chi connectivity index (χ4n) is 3.07. The second kappa shape index (κ2) is 6.41. The minimum absolute atomic E-state index is 0.166. The first kappa shape index (κ1) is 17.3. The van der Waals surface area contributed by atoms with E-state index in [0.29, 0.717) is 6.42 Å². The maximum absolute atomic E-state index is 13.6. The Balaban J connectivity index is 1.99. The Labute approximate surface area is 143 Å². The molecule has 0 bridgehead atoms. The van der Waals surface area contributed by atoms with Gasteiger partial charge in [0.05, 0.1) is 15.9 Å². The van der Waals surface area contributed by atoms with Crippen molar-refractivity contribution in [3.05, 3.63) is 63.5 Å². The number of nitrogens with two attached hydrogens (primary N) is 1. The highest BCUT2D eigenvalue weighted by atomic mass is 32.2. The Morgan fingerprint density at radius 3 is 2.68 bits per heavy atom. The molecule has 0 aliphatic heterocycles. The fraction of sp³-hybridized carbons (Fsp3) is 0.250. The van der Waals surface area contributed by atoms with Crippen LogP contribution in [-0.2, 0) is 16.4 Å². The van der Waals surface area contributed by atoms with Crippen molar-refractivity contribution in [2.45, 2.75) is 30.2 Å². The number of primary sulfonamides is 1. The maximum Gasteiger partial charge on any atom is 0.293 e. The zero-order valence-electron chi connectivity index (χ0n) is 13.1. The Kier molecular flexibility index (Phi) is 4.44. The SMILES string of the molecule is NS(=O)(=O)c1ccc(NC2CCCc3ccc(F)cc32)c([N+](=O)[O-])c1. The molecule has 0 amide bonds. The van der Waals surface area contributed by atoms with Crippen molar-refractivity contribution in [2.24, 2.45) is 5.14 Å². The number of halogens is 1. The molecule has 132 valence electrons. The molecular formula is C16H16FN3O4S. The summed E-state index contributed by atoms with van der Waals surface area (Å²) >= 11 is 0. The van der Waals surface area contributed by atoms with Crippen LogP contribution in [0.4, 0.5) is 15.8 Å². The lowest BCUT2D eigenvalue weighted by Gasteiger charge is -2.27. The van der Waals surface area contributed by atoms with E-state index in [4.69, 9.17) is 5.14 Å². The number of nitrogens with zero attached hydrogens (tertiary/aromatic N) is 1. The smallest absolute Gasteiger partial charge is 0.293 e. The van der Waals surface area contributed by atoms with Gasteiger partial charge in [-0.05, 0) is 54.7 Å². The van der Waals surface area contributed by atoms with Crippen LogP contribution in [0.2, 0.25) is 0 Å². The van der Waals surface area contributed by atoms with Gasteiger partial charge in [-0.15, -0.1) is 0 Å². The Morgan fingerprint density at radius 2 is 2.00 bits per heavy atom. The van der Waals surface area contributed by atoms with Crippen LogP contribution < -0.4 is 10.5 Å². The van der Waals surface area contributed by atoms with Crippen LogP contribution >= 0.6 is 0 Å². The Bertz CT molecular complexity index is 946. The minimum Gasteiger partial charge on any atom is -0.373 e. The summed E-state index contributed by atoms with van der Waals surface area (Å²) in [5.74, 6) is -0.369. The summed E-state index contributed by atoms with van der Waals surface area (Å²) in [4.78, 5) is 10.3. The molecule has 3 rings (SSSR count). The second-order valence-electron chi connectivity index (χ2n) is 5.91. The largest absolute Gasteiger partial charge is 0.373 e. The third kappa shape index (κ3) is 3.62. The van der Waals surface area contributed by atoms with Crippen molar-refractivity contribution in [1.82, 2.24) is 0 Å². The van der Waals surface area contributed by atoms with E-state index in [0.717, 1.165) is 30.0 Å². The average molecular weight is 365 g/mol. The molecule has 3 N–H and O–H groups in total. The van der Waals surface area contributed by atoms with Gasteiger partial charge in [0.25, 0.3) is 5.69 Å². The maximum atomic E-state index is 13.6. The molecule has 1 atom stereocenters. The number of hydrogen-bond acceptors (Lipinski definition) is 5. The van der Waals surface area contributed by atoms with Crippen LogP contribution in [0.1, 0.15) is 30.0 Å². The van der Waals surface area contributed by atoms with Crippen LogP contribution in [0.3, 0.4) is 0 Å². The van der Waals surface area contributed by atoms with Crippen molar-refractivity contribution in [3.63, 3.8) is 0 Å². The van der Waals surface area contributed by atoms with Crippen LogP contribution in [0.15, 0.2) is 41.3 Å². The van der Waals surface area contributed by atoms with Gasteiger partial charge in [-0.3, -0.25) is 10.1 Å². The molecule has 25 heavy (non-hydrogen) atoms. The first-order valence-electron chi connectivity index (χ1n) is 7.62. The molecule has 1 unspecified atom stereocenters. The van der Waals surface area contributed by atoms with Gasteiger partial charge in [0, 0.05) is 6.07 Å². The zero-order valence-corrected chi connectivity index (χ0v) is 13.9. The first-order valence-corrected chi connectivity index (χ1v) is 9.16. The summed E-state index contributed by atoms with van der Waals surface area (Å²) < 4.78 is 36.4. The molecule has 2 aromatic carbocycles. The lowest BCUT2D eigenvalue weighted by Crippen LogP contribution is -2.18. The molecule has 1 aliphatic carbocycles. The van der Waals surface area contributed by atoms with Gasteiger partial charge >= 0.3 is 0 Å². The van der Waals surface area contributed by atoms with E-state index < -0.39 is 20.6 Å². The summed E-state index contributed by atoms with van der Waals surface area (Å²) in [5.41, 5.74) is 1.53. The van der Waals surface area contributed by atoms with E-state index in [1.807, 2.05) is 0 Å². The fourth-order valence-corrected chi connectivity index (χ4v) is 3.60. The van der Waals surface area contributed by atoms with Gasteiger partial charge in [-0.25, -0.2) is 17.9 Å². The predicted octanol–water partition coefficient (Wildman–Crippen LogP) is 2.87. The molecule has 0 saturated carbocycles. The highest BCUT2D eigenvalue weighted by Crippen LogP contribution is 2.36. The molecule has 0 radical (unpaired) electrons. The van der Waals surface area contributed by atoms with Crippen molar-refractivity contribution >= 4 is 21.4 Å². The summed E-state index contributed by atoms with van der Waals surface area (Å²) in [7, 11) is -4.04. The van der Waals surface area contributed by atoms with Crippen molar-refractivity contribution < 1.29 is 17.7 Å². The monoisotopic (exact) mass is 365 g/mol. The number of hydrogen-bond donors (Lipinski definition) is 2. The van der Waals surface area contributed by atoms with Crippen LogP contribution in [-0.4, -0.2) is 13.3 Å². The highest BCUT2D eigenvalue weighted by Gasteiger charge is 2.25. The number of aryl methyl sites for hydroxylation is 1. The summed E-state index contributed by atoms with van der Waals surface area (Å²) in [6.07, 6.45) is 2.37. The molecule has 1 aliphatic rings. The Hall–Kier alpha value is -2.52. The quantitative estimate of drug-likeness (QED) is 0.638. The molecule has 2 aromatic rings. The lowest BCUT2D eigenvalue weighted by molar-refractivity contribution is -0.384. The third-order valence-corrected chi connectivity index (χ3v) is 5.16. The normalized spacial score (nSPS) is 17.0. The number of rotatable bonds is 4. The number of anilines is 1. The van der Waals surface area contributed by atoms with Crippen LogP contribution in [0.25, 0.3) is 0 Å². The molecule has 9 heteroatoms. The van der Waals surface area contributed by atoms with E-state index >= 15 is 0 Å².